The number of para-hydroxylation sites is 3. The van der Waals surface area contributed by atoms with Crippen LogP contribution in [0.2, 0.25) is 20.6 Å². The Balaban J connectivity index is 0.000000143. The predicted molar refractivity (Wildman–Crippen MR) is 465 cm³/mol. The minimum absolute atomic E-state index is 0. The molecule has 0 unspecified atom stereocenters. The Labute approximate surface area is 728 Å². The van der Waals surface area contributed by atoms with Gasteiger partial charge < -0.3 is 20.9 Å². The number of alkyl halides is 1. The van der Waals surface area contributed by atoms with Crippen molar-refractivity contribution in [3.05, 3.63) is 252 Å². The molecule has 624 valence electrons. The van der Waals surface area contributed by atoms with Crippen molar-refractivity contribution in [2.24, 2.45) is 0 Å². The van der Waals surface area contributed by atoms with Crippen molar-refractivity contribution in [3.8, 4) is 17.1 Å². The molecule has 0 bridgehead atoms. The third-order valence-corrected chi connectivity index (χ3v) is 22.1. The summed E-state index contributed by atoms with van der Waals surface area (Å²) in [7, 11) is -7.14. The molecule has 3 saturated heterocycles. The second kappa shape index (κ2) is 36.6. The quantitative estimate of drug-likeness (QED) is 0.114. The van der Waals surface area contributed by atoms with Crippen LogP contribution in [0.1, 0.15) is 67.7 Å². The Bertz CT molecular complexity index is 7070. The molecule has 20 rings (SSSR count). The standard InChI is InChI=1S/C22H19FN8O3S.C21H18ClN9O.C16H14ClFN4O.C6H5ClN4O2S.C6H5ClN4S.ClH.3H2S/c1-35(33,34)21-25-17-9-11-24-31(17)22(26-21)28-12-5-8-16(28)19-27-29-13-10-15(23)18(29)20(32)30(19)14-6-3-2-4-7-14;22-14-9-12-29-17(14)19(32)30(13-5-2-1-3-6-13)18(27-29)15-7-4-11-28(15)21-26-20(23)25-16-8-10-24-31(16)21;17-12-6-7-21-14(12)16(23)22(11-4-2-1-3-5-11)15(20-21)13-8-10(18)9-19-13;1-14(12,13)6-9-4-2-3-8-11(4)5(7)10-6;1-12-6-9-4-2-3-8-11(4)5(7)10-6;;;;/h2-4,6-7,9-11,13,16H,5,8,12H2,1H3;1-3,5-6,8-10,12,15H,4,7,11H2,(H2,23,25);1-7,10,13,19H,8-9H2;2-3H,1H3;2-3H,1H3;1H;3*1H2/t16-;15-;10-,13-;;;;;;/m000....../s1. The van der Waals surface area contributed by atoms with Gasteiger partial charge >= 0.3 is 0 Å². The van der Waals surface area contributed by atoms with E-state index in [1.807, 2.05) is 77.9 Å². The van der Waals surface area contributed by atoms with Crippen molar-refractivity contribution in [2.45, 2.75) is 71.9 Å². The molecular weight excluding hydrogens is 1780 g/mol. The molecule has 0 amide bonds. The molecule has 3 aliphatic heterocycles. The monoisotopic (exact) mass is 1840 g/mol. The van der Waals surface area contributed by atoms with Crippen LogP contribution < -0.4 is 37.5 Å². The van der Waals surface area contributed by atoms with Crippen molar-refractivity contribution < 1.29 is 25.6 Å². The number of halogens is 7. The zero-order valence-corrected chi connectivity index (χ0v) is 71.9. The fourth-order valence-electron chi connectivity index (χ4n) is 13.7. The molecule has 3 aromatic carbocycles. The minimum atomic E-state index is -3.70. The number of thioether (sulfide) groups is 1. The number of sulfone groups is 2. The molecule has 0 aliphatic carbocycles. The number of fused-ring (bicyclic) bond motifs is 7. The summed E-state index contributed by atoms with van der Waals surface area (Å²) in [6.07, 6.45) is 17.3. The fourth-order valence-corrected chi connectivity index (χ4v) is 16.0. The van der Waals surface area contributed by atoms with E-state index in [-0.39, 0.29) is 116 Å². The van der Waals surface area contributed by atoms with E-state index in [0.29, 0.717) is 109 Å². The van der Waals surface area contributed by atoms with E-state index in [9.17, 15) is 40.0 Å². The van der Waals surface area contributed by atoms with Crippen molar-refractivity contribution in [3.63, 3.8) is 0 Å². The van der Waals surface area contributed by atoms with E-state index in [2.05, 4.69) is 80.7 Å². The fraction of sp³-hybridized carbons (Fsp3) is 0.211. The molecule has 49 heteroatoms. The highest BCUT2D eigenvalue weighted by Crippen LogP contribution is 2.38. The topological polar surface area (TPSA) is 403 Å². The first-order valence-corrected chi connectivity index (χ1v) is 41.7. The molecule has 4 atom stereocenters. The number of nitrogens with zero attached hydrogens (tertiary/aromatic N) is 27. The number of aromatic nitrogens is 25. The maximum atomic E-state index is 14.5. The highest BCUT2D eigenvalue weighted by Gasteiger charge is 2.38. The summed E-state index contributed by atoms with van der Waals surface area (Å²) < 4.78 is 89.6. The Morgan fingerprint density at radius 3 is 1.33 bits per heavy atom. The Morgan fingerprint density at radius 1 is 0.483 bits per heavy atom. The largest absolute Gasteiger partial charge is 0.368 e. The van der Waals surface area contributed by atoms with Crippen LogP contribution in [0, 0.1) is 5.82 Å². The van der Waals surface area contributed by atoms with E-state index in [1.165, 1.54) is 68.1 Å². The molecule has 3 fully saturated rings. The van der Waals surface area contributed by atoms with Gasteiger partial charge in [0.05, 0.1) is 70.0 Å². The summed E-state index contributed by atoms with van der Waals surface area (Å²) in [6, 6.07) is 37.7. The lowest BCUT2D eigenvalue weighted by Gasteiger charge is -2.27. The molecule has 120 heavy (non-hydrogen) atoms. The maximum Gasteiger partial charge on any atom is 0.285 e. The van der Waals surface area contributed by atoms with Crippen LogP contribution in [0.5, 0.6) is 0 Å². The minimum Gasteiger partial charge on any atom is -0.368 e. The highest BCUT2D eigenvalue weighted by molar-refractivity contribution is 7.98. The van der Waals surface area contributed by atoms with Crippen LogP contribution in [0.3, 0.4) is 0 Å². The van der Waals surface area contributed by atoms with Crippen molar-refractivity contribution in [2.75, 3.05) is 53.9 Å². The van der Waals surface area contributed by atoms with Gasteiger partial charge in [-0.3, -0.25) is 28.1 Å². The van der Waals surface area contributed by atoms with Crippen molar-refractivity contribution in [1.82, 2.24) is 126 Å². The lowest BCUT2D eigenvalue weighted by molar-refractivity contribution is 0.354. The molecule has 3 N–H and O–H groups in total. The Hall–Kier alpha value is -10.9. The van der Waals surface area contributed by atoms with Crippen molar-refractivity contribution in [1.29, 1.82) is 0 Å². The summed E-state index contributed by atoms with van der Waals surface area (Å²) in [6.45, 7) is 1.49. The number of benzene rings is 3. The second-order valence-corrected chi connectivity index (χ2v) is 32.3. The maximum absolute atomic E-state index is 14.5. The van der Waals surface area contributed by atoms with Gasteiger partial charge in [0.1, 0.15) is 17.2 Å². The number of rotatable bonds is 11. The lowest BCUT2D eigenvalue weighted by Crippen LogP contribution is -2.34. The van der Waals surface area contributed by atoms with Gasteiger partial charge in [0.25, 0.3) is 27.0 Å². The molecular formula is C71H68Cl5F2N29O7S6. The van der Waals surface area contributed by atoms with Crippen LogP contribution in [0.15, 0.2) is 207 Å². The molecule has 17 heterocycles. The lowest BCUT2D eigenvalue weighted by atomic mass is 10.2. The Morgan fingerprint density at radius 2 is 0.875 bits per heavy atom. The summed E-state index contributed by atoms with van der Waals surface area (Å²) in [5.74, 6) is 1.81. The molecule has 0 spiro atoms. The predicted octanol–water partition coefficient (Wildman–Crippen LogP) is 9.26. The number of nitrogen functional groups attached to an aromatic ring is 1. The van der Waals surface area contributed by atoms with E-state index >= 15 is 0 Å². The molecule has 36 nitrogen and oxygen atoms in total. The third-order valence-electron chi connectivity index (χ3n) is 18.7. The van der Waals surface area contributed by atoms with Gasteiger partial charge in [-0.25, -0.2) is 44.1 Å². The van der Waals surface area contributed by atoms with E-state index < -0.39 is 43.3 Å². The van der Waals surface area contributed by atoms with Crippen LogP contribution in [-0.4, -0.2) is 182 Å². The van der Waals surface area contributed by atoms with Gasteiger partial charge in [-0.2, -0.15) is 129 Å². The molecule has 0 saturated carbocycles. The first kappa shape index (κ1) is 88.4. The van der Waals surface area contributed by atoms with Crippen LogP contribution in [0.25, 0.3) is 56.2 Å². The molecule has 0 radical (unpaired) electrons. The van der Waals surface area contributed by atoms with Gasteiger partial charge in [-0.05, 0) is 110 Å². The Kier molecular flexibility index (Phi) is 26.9. The summed E-state index contributed by atoms with van der Waals surface area (Å²) in [4.78, 5) is 76.8. The van der Waals surface area contributed by atoms with Crippen LogP contribution in [-0.2, 0) is 19.7 Å². The number of nitrogens with two attached hydrogens (primary N) is 1. The van der Waals surface area contributed by atoms with Crippen molar-refractivity contribution >= 4 is 188 Å². The molecule has 14 aromatic heterocycles. The number of hydrogen-bond donors (Lipinski definition) is 2. The first-order chi connectivity index (χ1) is 55.9. The SMILES string of the molecule is CS(=O)(=O)c1nc(Cl)n2nccc2n1.CS(=O)(=O)c1nc(N2CCC[C@H]2c2nn3ccc(F)c3c(=O)n2-c2ccccc2)n2nccc2n1.CSc1nc(Cl)n2nccc2n1.Cl.Nc1nc(N2CCC[C@H]2c2nn3ccc(Cl)c3c(=O)n2-c2ccccc2)n2nccc2n1.O=c1c2c(Cl)ccn2nc([C@@H]2C[C@H](F)CN2)n1-c1ccccc1.S.S.S. The van der Waals surface area contributed by atoms with E-state index in [0.717, 1.165) is 43.1 Å². The number of hydrogen-bond acceptors (Lipinski definition) is 27. The van der Waals surface area contributed by atoms with Gasteiger partial charge in [0.2, 0.25) is 48.1 Å². The molecule has 17 aromatic rings. The summed E-state index contributed by atoms with van der Waals surface area (Å²) in [5, 5.41) is 34.5. The normalized spacial score (nSPS) is 15.7. The van der Waals surface area contributed by atoms with Gasteiger partial charge in [0, 0.05) is 81.4 Å². The zero-order valence-electron chi connectivity index (χ0n) is 62.6. The average molecular weight is 1850 g/mol. The third kappa shape index (κ3) is 17.4. The number of nitrogens with one attached hydrogen (secondary N) is 1. The van der Waals surface area contributed by atoms with E-state index in [1.54, 1.807) is 99.0 Å². The summed E-state index contributed by atoms with van der Waals surface area (Å²) in [5.41, 5.74) is 9.40. The van der Waals surface area contributed by atoms with Gasteiger partial charge in [-0.15, -0.1) is 12.4 Å². The zero-order chi connectivity index (χ0) is 81.0. The second-order valence-electron chi connectivity index (χ2n) is 26.3. The van der Waals surface area contributed by atoms with Crippen LogP contribution in [0.4, 0.5) is 26.6 Å². The smallest absolute Gasteiger partial charge is 0.285 e. The van der Waals surface area contributed by atoms with E-state index in [4.69, 9.17) is 57.2 Å². The summed E-state index contributed by atoms with van der Waals surface area (Å²) >= 11 is 25.4. The molecule has 3 aliphatic rings. The number of anilines is 3. The van der Waals surface area contributed by atoms with Gasteiger partial charge in [-0.1, -0.05) is 89.6 Å². The average Bonchev–Trinajstić information content (AvgIpc) is 1.55. The van der Waals surface area contributed by atoms with Gasteiger partial charge in [0.15, 0.2) is 56.6 Å². The highest BCUT2D eigenvalue weighted by atomic mass is 35.5. The first-order valence-electron chi connectivity index (χ1n) is 35.2. The van der Waals surface area contributed by atoms with Crippen LogP contribution >= 0.6 is 111 Å².